The van der Waals surface area contributed by atoms with Crippen molar-refractivity contribution in [1.82, 2.24) is 19.4 Å². The maximum atomic E-state index is 12.3. The van der Waals surface area contributed by atoms with Crippen molar-refractivity contribution in [1.29, 1.82) is 0 Å². The molecule has 31 heavy (non-hydrogen) atoms. The van der Waals surface area contributed by atoms with E-state index in [1.54, 1.807) is 53.8 Å². The van der Waals surface area contributed by atoms with Crippen LogP contribution in [0, 0.1) is 0 Å². The third kappa shape index (κ3) is 7.86. The van der Waals surface area contributed by atoms with Gasteiger partial charge in [0, 0.05) is 30.2 Å². The molecule has 3 rings (SSSR count). The maximum Gasteiger partial charge on any atom is 0.329 e. The highest BCUT2D eigenvalue weighted by Gasteiger charge is 2.15. The number of hydrogen-bond donors (Lipinski definition) is 0. The lowest BCUT2D eigenvalue weighted by molar-refractivity contribution is 0.111. The number of halogens is 3. The highest BCUT2D eigenvalue weighted by Crippen LogP contribution is 2.35. The first-order valence-electron chi connectivity index (χ1n) is 9.37. The third-order valence-corrected chi connectivity index (χ3v) is 4.65. The van der Waals surface area contributed by atoms with E-state index in [-0.39, 0.29) is 12.6 Å². The van der Waals surface area contributed by atoms with E-state index in [0.29, 0.717) is 39.6 Å². The van der Waals surface area contributed by atoms with Gasteiger partial charge in [0.15, 0.2) is 12.0 Å². The van der Waals surface area contributed by atoms with E-state index in [1.165, 1.54) is 10.9 Å². The Bertz CT molecular complexity index is 946. The van der Waals surface area contributed by atoms with Gasteiger partial charge in [-0.3, -0.25) is 14.3 Å². The van der Waals surface area contributed by atoms with Crippen molar-refractivity contribution in [2.24, 2.45) is 0 Å². The molecule has 164 valence electrons. The second-order valence-electron chi connectivity index (χ2n) is 6.16. The summed E-state index contributed by atoms with van der Waals surface area (Å²) in [5.41, 5.74) is 0.479. The van der Waals surface area contributed by atoms with Crippen molar-refractivity contribution in [3.63, 3.8) is 0 Å². The number of carbonyl (C=O) groups excluding carboxylic acids is 2. The highest BCUT2D eigenvalue weighted by atomic mass is 35.5. The fraction of sp³-hybridized carbons (Fsp3) is 0.238. The van der Waals surface area contributed by atoms with Gasteiger partial charge in [-0.25, -0.2) is 9.78 Å². The van der Waals surface area contributed by atoms with E-state index >= 15 is 0 Å². The summed E-state index contributed by atoms with van der Waals surface area (Å²) < 4.78 is 7.05. The van der Waals surface area contributed by atoms with Gasteiger partial charge in [-0.2, -0.15) is 0 Å². The van der Waals surface area contributed by atoms with Gasteiger partial charge in [0.1, 0.15) is 18.6 Å². The lowest BCUT2D eigenvalue weighted by Gasteiger charge is -2.22. The van der Waals surface area contributed by atoms with Gasteiger partial charge >= 0.3 is 6.03 Å². The molecule has 3 aromatic rings. The van der Waals surface area contributed by atoms with Gasteiger partial charge in [-0.1, -0.05) is 47.8 Å². The molecule has 0 aliphatic heterocycles. The Morgan fingerprint density at radius 3 is 2.42 bits per heavy atom. The summed E-state index contributed by atoms with van der Waals surface area (Å²) in [5.74, 6) is 0.365. The van der Waals surface area contributed by atoms with Crippen LogP contribution in [0.3, 0.4) is 0 Å². The van der Waals surface area contributed by atoms with Crippen LogP contribution in [0.4, 0.5) is 4.79 Å². The van der Waals surface area contributed by atoms with Crippen molar-refractivity contribution < 1.29 is 14.3 Å². The van der Waals surface area contributed by atoms with Gasteiger partial charge in [0.05, 0.1) is 16.6 Å². The summed E-state index contributed by atoms with van der Waals surface area (Å²) in [4.78, 5) is 31.6. The quantitative estimate of drug-likeness (QED) is 0.415. The van der Waals surface area contributed by atoms with Crippen LogP contribution in [-0.2, 0) is 0 Å². The zero-order chi connectivity index (χ0) is 22.6. The molecule has 0 unspecified atom stereocenters. The van der Waals surface area contributed by atoms with Crippen LogP contribution in [0.15, 0.2) is 55.2 Å². The first-order chi connectivity index (χ1) is 15.0. The number of ether oxygens (including phenoxy) is 1. The molecule has 10 heteroatoms. The van der Waals surface area contributed by atoms with E-state index in [4.69, 9.17) is 39.5 Å². The van der Waals surface area contributed by atoms with Crippen molar-refractivity contribution in [3.8, 4) is 5.75 Å². The number of imidazole rings is 1. The molecule has 0 spiro atoms. The molecule has 0 saturated heterocycles. The van der Waals surface area contributed by atoms with E-state index in [9.17, 15) is 9.59 Å². The molecule has 0 fully saturated rings. The zero-order valence-corrected chi connectivity index (χ0v) is 19.0. The molecule has 1 amide bonds. The second-order valence-corrected chi connectivity index (χ2v) is 7.41. The Labute approximate surface area is 195 Å². The Hall–Kier alpha value is -2.61. The van der Waals surface area contributed by atoms with Crippen molar-refractivity contribution in [2.45, 2.75) is 13.3 Å². The van der Waals surface area contributed by atoms with Crippen molar-refractivity contribution in [3.05, 3.63) is 76.0 Å². The Balaban J connectivity index is 0.000000357. The van der Waals surface area contributed by atoms with Gasteiger partial charge in [-0.05, 0) is 30.7 Å². The molecule has 0 atom stereocenters. The van der Waals surface area contributed by atoms with E-state index in [1.807, 2.05) is 6.92 Å². The second kappa shape index (κ2) is 12.9. The number of hydrogen-bond acceptors (Lipinski definition) is 5. The number of benzene rings is 1. The summed E-state index contributed by atoms with van der Waals surface area (Å²) in [5, 5.41) is 1.12. The van der Waals surface area contributed by atoms with Crippen LogP contribution < -0.4 is 4.74 Å². The summed E-state index contributed by atoms with van der Waals surface area (Å²) >= 11 is 18.0. The predicted molar refractivity (Wildman–Crippen MR) is 121 cm³/mol. The summed E-state index contributed by atoms with van der Waals surface area (Å²) in [6.45, 7) is 3.28. The lowest BCUT2D eigenvalue weighted by Crippen LogP contribution is -2.37. The minimum atomic E-state index is -0.152. The van der Waals surface area contributed by atoms with Gasteiger partial charge in [-0.15, -0.1) is 0 Å². The number of nitrogens with zero attached hydrogens (tertiary/aromatic N) is 4. The normalized spacial score (nSPS) is 10.1. The van der Waals surface area contributed by atoms with Crippen molar-refractivity contribution in [2.75, 3.05) is 19.7 Å². The van der Waals surface area contributed by atoms with Crippen LogP contribution in [0.5, 0.6) is 5.75 Å². The SMILES string of the molecule is CCCN(CCOc1c(Cl)cc(Cl)cc1Cl)C(=O)n1ccnc1.O=Cc1ccccn1. The molecule has 2 heterocycles. The molecular weight excluding hydrogens is 463 g/mol. The molecular formula is C21H21Cl3N4O3. The van der Waals surface area contributed by atoms with Crippen LogP contribution in [0.1, 0.15) is 23.8 Å². The fourth-order valence-corrected chi connectivity index (χ4v) is 3.41. The summed E-state index contributed by atoms with van der Waals surface area (Å²) in [6, 6.07) is 8.17. The lowest BCUT2D eigenvalue weighted by atomic mass is 10.3. The first-order valence-corrected chi connectivity index (χ1v) is 10.5. The van der Waals surface area contributed by atoms with E-state index < -0.39 is 0 Å². The smallest absolute Gasteiger partial charge is 0.329 e. The van der Waals surface area contributed by atoms with Gasteiger partial charge in [0.25, 0.3) is 0 Å². The van der Waals surface area contributed by atoms with E-state index in [2.05, 4.69) is 9.97 Å². The predicted octanol–water partition coefficient (Wildman–Crippen LogP) is 5.50. The molecule has 2 aromatic heterocycles. The molecule has 1 aromatic carbocycles. The number of pyridine rings is 1. The zero-order valence-electron chi connectivity index (χ0n) is 16.7. The molecule has 0 bridgehead atoms. The summed E-state index contributed by atoms with van der Waals surface area (Å²) in [7, 11) is 0. The van der Waals surface area contributed by atoms with Crippen LogP contribution in [-0.4, -0.2) is 51.4 Å². The largest absolute Gasteiger partial charge is 0.489 e. The highest BCUT2D eigenvalue weighted by molar-refractivity contribution is 6.40. The Kier molecular flexibility index (Phi) is 10.3. The molecule has 7 nitrogen and oxygen atoms in total. The van der Waals surface area contributed by atoms with Gasteiger partial charge < -0.3 is 9.64 Å². The Morgan fingerprint density at radius 2 is 1.90 bits per heavy atom. The average molecular weight is 484 g/mol. The van der Waals surface area contributed by atoms with Crippen LogP contribution in [0.2, 0.25) is 15.1 Å². The minimum absolute atomic E-state index is 0.152. The molecule has 0 N–H and O–H groups in total. The summed E-state index contributed by atoms with van der Waals surface area (Å²) in [6.07, 6.45) is 7.79. The topological polar surface area (TPSA) is 77.3 Å². The van der Waals surface area contributed by atoms with Crippen molar-refractivity contribution >= 4 is 47.1 Å². The molecule has 0 aliphatic carbocycles. The molecule has 0 saturated carbocycles. The number of carbonyl (C=O) groups is 2. The van der Waals surface area contributed by atoms with Gasteiger partial charge in [0.2, 0.25) is 0 Å². The third-order valence-electron chi connectivity index (χ3n) is 3.87. The fourth-order valence-electron chi connectivity index (χ4n) is 2.48. The first kappa shape index (κ1) is 24.7. The number of aromatic nitrogens is 3. The maximum absolute atomic E-state index is 12.3. The van der Waals surface area contributed by atoms with Crippen LogP contribution in [0.25, 0.3) is 0 Å². The average Bonchev–Trinajstić information content (AvgIpc) is 3.30. The minimum Gasteiger partial charge on any atom is -0.489 e. The standard InChI is InChI=1S/C15H16Cl3N3O2.C6H5NO/c1-2-4-20(15(22)21-5-3-19-10-21)6-7-23-14-12(17)8-11(16)9-13(14)18;8-5-6-3-1-2-4-7-6/h3,5,8-10H,2,4,6-7H2,1H3;1-5H. The Morgan fingerprint density at radius 1 is 1.16 bits per heavy atom. The van der Waals surface area contributed by atoms with E-state index in [0.717, 1.165) is 12.7 Å². The molecule has 0 radical (unpaired) electrons. The molecule has 0 aliphatic rings. The number of aldehydes is 1. The number of amides is 1. The van der Waals surface area contributed by atoms with Crippen LogP contribution >= 0.6 is 34.8 Å². The monoisotopic (exact) mass is 482 g/mol. The number of rotatable bonds is 7.